The molecule has 0 aliphatic rings. The minimum atomic E-state index is -0.942. The van der Waals surface area contributed by atoms with E-state index in [0.29, 0.717) is 11.3 Å². The second-order valence-electron chi connectivity index (χ2n) is 5.91. The third-order valence-electron chi connectivity index (χ3n) is 2.80. The number of amides is 1. The van der Waals surface area contributed by atoms with Gasteiger partial charge >= 0.3 is 12.1 Å². The predicted molar refractivity (Wildman–Crippen MR) is 81.6 cm³/mol. The van der Waals surface area contributed by atoms with Crippen LogP contribution in [0.4, 0.5) is 10.8 Å². The Balaban J connectivity index is 2.13. The van der Waals surface area contributed by atoms with E-state index in [1.807, 2.05) is 18.2 Å². The third kappa shape index (κ3) is 4.08. The Kier molecular flexibility index (Phi) is 4.51. The van der Waals surface area contributed by atoms with E-state index in [1.165, 1.54) is 0 Å². The second kappa shape index (κ2) is 6.19. The predicted octanol–water partition coefficient (Wildman–Crippen LogP) is 3.41. The van der Waals surface area contributed by atoms with Crippen LogP contribution in [0, 0.1) is 6.92 Å². The van der Waals surface area contributed by atoms with E-state index in [0.717, 1.165) is 0 Å². The minimum Gasteiger partial charge on any atom is -0.443 e. The first-order valence-electron chi connectivity index (χ1n) is 6.96. The van der Waals surface area contributed by atoms with Crippen molar-refractivity contribution in [3.05, 3.63) is 47.3 Å². The highest BCUT2D eigenvalue weighted by atomic mass is 16.6. The van der Waals surface area contributed by atoms with Gasteiger partial charge in [0.25, 0.3) is 0 Å². The molecule has 6 heteroatoms. The molecule has 1 aromatic carbocycles. The minimum absolute atomic E-state index is 0.00303. The van der Waals surface area contributed by atoms with Gasteiger partial charge < -0.3 is 14.3 Å². The summed E-state index contributed by atoms with van der Waals surface area (Å²) in [6.07, 6.45) is -1.60. The normalized spacial score (nSPS) is 12.8. The number of rotatable bonds is 3. The maximum atomic E-state index is 11.7. The lowest BCUT2D eigenvalue weighted by Crippen LogP contribution is -2.27. The first-order valence-corrected chi connectivity index (χ1v) is 6.96. The first kappa shape index (κ1) is 16.0. The number of nitrogens with zero attached hydrogens (tertiary/aromatic N) is 1. The number of aryl methyl sites for hydroxylation is 1. The number of carbonyl (C=O) groups is 1. The van der Waals surface area contributed by atoms with Crippen molar-refractivity contribution in [1.82, 2.24) is 4.98 Å². The van der Waals surface area contributed by atoms with Crippen molar-refractivity contribution in [3.8, 4) is 0 Å². The number of anilines is 1. The second-order valence-corrected chi connectivity index (χ2v) is 5.91. The topological polar surface area (TPSA) is 84.6 Å². The average molecular weight is 304 g/mol. The number of carbonyl (C=O) groups excluding carboxylic acids is 1. The summed E-state index contributed by atoms with van der Waals surface area (Å²) in [5, 5.41) is 12.7. The number of benzene rings is 1. The molecule has 6 nitrogen and oxygen atoms in total. The van der Waals surface area contributed by atoms with Crippen molar-refractivity contribution in [2.75, 3.05) is 5.32 Å². The Morgan fingerprint density at radius 1 is 1.32 bits per heavy atom. The number of hydrogen-bond donors (Lipinski definition) is 2. The van der Waals surface area contributed by atoms with E-state index < -0.39 is 17.8 Å². The standard InChI is InChI=1S/C16H20N2O4/c1-10-13(12(19)11-8-6-5-7-9-11)21-14(17-10)18-15(20)22-16(2,3)4/h5-9,12,19H,1-4H3,(H,17,18,20). The number of ether oxygens (including phenoxy) is 1. The Labute approximate surface area is 129 Å². The molecule has 118 valence electrons. The highest BCUT2D eigenvalue weighted by molar-refractivity contribution is 5.82. The molecule has 0 aliphatic carbocycles. The SMILES string of the molecule is Cc1nc(NC(=O)OC(C)(C)C)oc1C(O)c1ccccc1. The highest BCUT2D eigenvalue weighted by Crippen LogP contribution is 2.27. The fourth-order valence-corrected chi connectivity index (χ4v) is 1.89. The van der Waals surface area contributed by atoms with Gasteiger partial charge in [-0.2, -0.15) is 4.98 Å². The van der Waals surface area contributed by atoms with Crippen LogP contribution in [-0.4, -0.2) is 21.8 Å². The lowest BCUT2D eigenvalue weighted by Gasteiger charge is -2.18. The van der Waals surface area contributed by atoms with Crippen molar-refractivity contribution in [2.45, 2.75) is 39.4 Å². The van der Waals surface area contributed by atoms with E-state index >= 15 is 0 Å². The monoisotopic (exact) mass is 304 g/mol. The highest BCUT2D eigenvalue weighted by Gasteiger charge is 2.22. The number of hydrogen-bond acceptors (Lipinski definition) is 5. The zero-order valence-corrected chi connectivity index (χ0v) is 13.1. The summed E-state index contributed by atoms with van der Waals surface area (Å²) in [6.45, 7) is 6.99. The summed E-state index contributed by atoms with van der Waals surface area (Å²) in [5.41, 5.74) is 0.575. The molecule has 1 atom stereocenters. The van der Waals surface area contributed by atoms with Crippen LogP contribution in [0.15, 0.2) is 34.7 Å². The maximum Gasteiger partial charge on any atom is 0.415 e. The first-order chi connectivity index (χ1) is 10.3. The van der Waals surface area contributed by atoms with Crippen molar-refractivity contribution in [1.29, 1.82) is 0 Å². The number of aromatic nitrogens is 1. The number of aliphatic hydroxyl groups excluding tert-OH is 1. The van der Waals surface area contributed by atoms with E-state index in [4.69, 9.17) is 9.15 Å². The van der Waals surface area contributed by atoms with E-state index in [9.17, 15) is 9.90 Å². The molecule has 2 rings (SSSR count). The molecule has 0 fully saturated rings. The van der Waals surface area contributed by atoms with Gasteiger partial charge in [-0.3, -0.25) is 0 Å². The molecule has 1 aromatic heterocycles. The molecule has 0 spiro atoms. The largest absolute Gasteiger partial charge is 0.443 e. The molecular formula is C16H20N2O4. The average Bonchev–Trinajstić information content (AvgIpc) is 2.77. The van der Waals surface area contributed by atoms with Gasteiger partial charge in [0.2, 0.25) is 0 Å². The quantitative estimate of drug-likeness (QED) is 0.907. The van der Waals surface area contributed by atoms with Crippen LogP contribution < -0.4 is 5.32 Å². The molecule has 0 saturated carbocycles. The van der Waals surface area contributed by atoms with Crippen LogP contribution in [0.25, 0.3) is 0 Å². The molecule has 2 N–H and O–H groups in total. The molecule has 0 saturated heterocycles. The Hall–Kier alpha value is -2.34. The lowest BCUT2D eigenvalue weighted by molar-refractivity contribution is 0.0631. The fraction of sp³-hybridized carbons (Fsp3) is 0.375. The zero-order valence-electron chi connectivity index (χ0n) is 13.1. The number of nitrogens with one attached hydrogen (secondary N) is 1. The summed E-state index contributed by atoms with van der Waals surface area (Å²) in [5.74, 6) is 0.289. The van der Waals surface area contributed by atoms with Gasteiger partial charge in [-0.05, 0) is 33.3 Å². The Bertz CT molecular complexity index is 644. The van der Waals surface area contributed by atoms with Crippen molar-refractivity contribution >= 4 is 12.1 Å². The Morgan fingerprint density at radius 3 is 2.55 bits per heavy atom. The smallest absolute Gasteiger partial charge is 0.415 e. The van der Waals surface area contributed by atoms with Crippen LogP contribution in [0.5, 0.6) is 0 Å². The molecule has 1 heterocycles. The third-order valence-corrected chi connectivity index (χ3v) is 2.80. The Morgan fingerprint density at radius 2 is 1.95 bits per heavy atom. The fourth-order valence-electron chi connectivity index (χ4n) is 1.89. The van der Waals surface area contributed by atoms with Gasteiger partial charge in [-0.15, -0.1) is 0 Å². The van der Waals surface area contributed by atoms with Crippen LogP contribution in [0.1, 0.15) is 43.9 Å². The van der Waals surface area contributed by atoms with Gasteiger partial charge in [0, 0.05) is 0 Å². The molecule has 0 bridgehead atoms. The van der Waals surface area contributed by atoms with Gasteiger partial charge in [-0.1, -0.05) is 30.3 Å². The molecule has 0 aliphatic heterocycles. The molecule has 2 aromatic rings. The molecular weight excluding hydrogens is 284 g/mol. The zero-order chi connectivity index (χ0) is 16.3. The molecule has 22 heavy (non-hydrogen) atoms. The van der Waals surface area contributed by atoms with Crippen LogP contribution in [0.2, 0.25) is 0 Å². The van der Waals surface area contributed by atoms with Gasteiger partial charge in [0.1, 0.15) is 11.7 Å². The summed E-state index contributed by atoms with van der Waals surface area (Å²) < 4.78 is 10.6. The number of aliphatic hydroxyl groups is 1. The lowest BCUT2D eigenvalue weighted by atomic mass is 10.1. The van der Waals surface area contributed by atoms with Crippen LogP contribution >= 0.6 is 0 Å². The van der Waals surface area contributed by atoms with Crippen molar-refractivity contribution in [2.24, 2.45) is 0 Å². The van der Waals surface area contributed by atoms with Crippen LogP contribution in [0.3, 0.4) is 0 Å². The van der Waals surface area contributed by atoms with Gasteiger partial charge in [0.15, 0.2) is 5.76 Å². The summed E-state index contributed by atoms with van der Waals surface area (Å²) in [6, 6.07) is 9.07. The van der Waals surface area contributed by atoms with Crippen molar-refractivity contribution < 1.29 is 19.1 Å². The molecule has 1 unspecified atom stereocenters. The van der Waals surface area contributed by atoms with E-state index in [-0.39, 0.29) is 11.8 Å². The maximum absolute atomic E-state index is 11.7. The summed E-state index contributed by atoms with van der Waals surface area (Å²) in [7, 11) is 0. The molecule has 1 amide bonds. The van der Waals surface area contributed by atoms with Gasteiger partial charge in [-0.25, -0.2) is 10.1 Å². The van der Waals surface area contributed by atoms with Crippen LogP contribution in [-0.2, 0) is 4.74 Å². The summed E-state index contributed by atoms with van der Waals surface area (Å²) >= 11 is 0. The van der Waals surface area contributed by atoms with Gasteiger partial charge in [0.05, 0.1) is 5.69 Å². The number of oxazole rings is 1. The molecule has 0 radical (unpaired) electrons. The van der Waals surface area contributed by atoms with E-state index in [2.05, 4.69) is 10.3 Å². The summed E-state index contributed by atoms with van der Waals surface area (Å²) in [4.78, 5) is 15.8. The van der Waals surface area contributed by atoms with E-state index in [1.54, 1.807) is 39.8 Å². The van der Waals surface area contributed by atoms with Crippen molar-refractivity contribution in [3.63, 3.8) is 0 Å².